The molecule has 2 aromatic carbocycles. The predicted molar refractivity (Wildman–Crippen MR) is 100 cm³/mol. The van der Waals surface area contributed by atoms with Crippen LogP contribution in [0.5, 0.6) is 0 Å². The van der Waals surface area contributed by atoms with Gasteiger partial charge in [-0.3, -0.25) is 9.48 Å². The molecule has 5 heteroatoms. The van der Waals surface area contributed by atoms with Crippen LogP contribution in [0.4, 0.5) is 0 Å². The molecular formula is C20H24N4O. The van der Waals surface area contributed by atoms with E-state index < -0.39 is 0 Å². The minimum Gasteiger partial charge on any atom is -0.348 e. The minimum absolute atomic E-state index is 0.00651. The SMILES string of the molecule is C[C@H](Cn1cccn1)NCC(=O)N[C@@H](C)c1ccc2ccccc2c1. The van der Waals surface area contributed by atoms with Crippen molar-refractivity contribution in [3.05, 3.63) is 66.5 Å². The van der Waals surface area contributed by atoms with Crippen LogP contribution in [0.1, 0.15) is 25.5 Å². The van der Waals surface area contributed by atoms with Crippen LogP contribution in [0.2, 0.25) is 0 Å². The monoisotopic (exact) mass is 336 g/mol. The van der Waals surface area contributed by atoms with E-state index in [4.69, 9.17) is 0 Å². The molecule has 2 N–H and O–H groups in total. The molecule has 25 heavy (non-hydrogen) atoms. The van der Waals surface area contributed by atoms with E-state index in [1.54, 1.807) is 6.20 Å². The maximum absolute atomic E-state index is 12.2. The molecule has 0 fully saturated rings. The van der Waals surface area contributed by atoms with Crippen LogP contribution in [0.15, 0.2) is 60.9 Å². The predicted octanol–water partition coefficient (Wildman–Crippen LogP) is 2.89. The molecule has 0 spiro atoms. The summed E-state index contributed by atoms with van der Waals surface area (Å²) < 4.78 is 1.85. The maximum atomic E-state index is 12.2. The van der Waals surface area contributed by atoms with Gasteiger partial charge >= 0.3 is 0 Å². The lowest BCUT2D eigenvalue weighted by atomic mass is 10.0. The van der Waals surface area contributed by atoms with Gasteiger partial charge in [-0.1, -0.05) is 36.4 Å². The van der Waals surface area contributed by atoms with Crippen molar-refractivity contribution in [1.82, 2.24) is 20.4 Å². The number of hydrogen-bond donors (Lipinski definition) is 2. The van der Waals surface area contributed by atoms with Crippen LogP contribution >= 0.6 is 0 Å². The highest BCUT2D eigenvalue weighted by molar-refractivity contribution is 5.83. The van der Waals surface area contributed by atoms with E-state index in [0.717, 1.165) is 12.1 Å². The Hall–Kier alpha value is -2.66. The third kappa shape index (κ3) is 4.67. The van der Waals surface area contributed by atoms with Crippen LogP contribution in [-0.2, 0) is 11.3 Å². The van der Waals surface area contributed by atoms with Crippen molar-refractivity contribution in [2.75, 3.05) is 6.54 Å². The van der Waals surface area contributed by atoms with E-state index in [9.17, 15) is 4.79 Å². The van der Waals surface area contributed by atoms with E-state index in [2.05, 4.69) is 46.1 Å². The third-order valence-corrected chi connectivity index (χ3v) is 4.28. The Balaban J connectivity index is 1.51. The van der Waals surface area contributed by atoms with Gasteiger partial charge in [-0.2, -0.15) is 5.10 Å². The van der Waals surface area contributed by atoms with Crippen molar-refractivity contribution in [3.8, 4) is 0 Å². The number of hydrogen-bond acceptors (Lipinski definition) is 3. The van der Waals surface area contributed by atoms with Gasteiger partial charge < -0.3 is 10.6 Å². The molecule has 1 heterocycles. The summed E-state index contributed by atoms with van der Waals surface area (Å²) in [6, 6.07) is 16.6. The number of fused-ring (bicyclic) bond motifs is 1. The number of nitrogens with one attached hydrogen (secondary N) is 2. The van der Waals surface area contributed by atoms with Gasteiger partial charge in [0.1, 0.15) is 0 Å². The first-order chi connectivity index (χ1) is 12.1. The van der Waals surface area contributed by atoms with E-state index in [-0.39, 0.29) is 18.0 Å². The Bertz CT molecular complexity index is 829. The van der Waals surface area contributed by atoms with E-state index in [1.807, 2.05) is 42.9 Å². The van der Waals surface area contributed by atoms with Gasteiger partial charge in [-0.15, -0.1) is 0 Å². The molecule has 0 aliphatic rings. The first-order valence-corrected chi connectivity index (χ1v) is 8.60. The number of carbonyl (C=O) groups is 1. The van der Waals surface area contributed by atoms with Gasteiger partial charge in [0, 0.05) is 18.4 Å². The molecule has 0 aliphatic heterocycles. The molecule has 0 aliphatic carbocycles. The van der Waals surface area contributed by atoms with E-state index in [0.29, 0.717) is 6.54 Å². The largest absolute Gasteiger partial charge is 0.348 e. The lowest BCUT2D eigenvalue weighted by Gasteiger charge is -2.17. The zero-order chi connectivity index (χ0) is 17.6. The molecule has 1 aromatic heterocycles. The van der Waals surface area contributed by atoms with Crippen LogP contribution in [0.25, 0.3) is 10.8 Å². The highest BCUT2D eigenvalue weighted by Crippen LogP contribution is 2.20. The van der Waals surface area contributed by atoms with Gasteiger partial charge in [0.2, 0.25) is 5.91 Å². The zero-order valence-corrected chi connectivity index (χ0v) is 14.6. The molecule has 0 saturated carbocycles. The van der Waals surface area contributed by atoms with Crippen molar-refractivity contribution < 1.29 is 4.79 Å². The number of aromatic nitrogens is 2. The smallest absolute Gasteiger partial charge is 0.234 e. The minimum atomic E-state index is -0.0275. The Morgan fingerprint density at radius 1 is 1.12 bits per heavy atom. The fourth-order valence-electron chi connectivity index (χ4n) is 2.87. The maximum Gasteiger partial charge on any atom is 0.234 e. The van der Waals surface area contributed by atoms with Crippen LogP contribution in [0, 0.1) is 0 Å². The Kier molecular flexibility index (Phi) is 5.46. The van der Waals surface area contributed by atoms with Gasteiger partial charge in [-0.05, 0) is 42.3 Å². The summed E-state index contributed by atoms with van der Waals surface area (Å²) in [5, 5.41) is 12.9. The first-order valence-electron chi connectivity index (χ1n) is 8.60. The average Bonchev–Trinajstić information content (AvgIpc) is 3.12. The highest BCUT2D eigenvalue weighted by Gasteiger charge is 2.11. The van der Waals surface area contributed by atoms with Crippen molar-refractivity contribution in [1.29, 1.82) is 0 Å². The normalized spacial score (nSPS) is 13.5. The lowest BCUT2D eigenvalue weighted by Crippen LogP contribution is -2.40. The molecule has 0 bridgehead atoms. The van der Waals surface area contributed by atoms with Gasteiger partial charge in [-0.25, -0.2) is 0 Å². The topological polar surface area (TPSA) is 59.0 Å². The molecule has 2 atom stereocenters. The summed E-state index contributed by atoms with van der Waals surface area (Å²) in [6.45, 7) is 5.08. The van der Waals surface area contributed by atoms with Crippen LogP contribution < -0.4 is 10.6 Å². The van der Waals surface area contributed by atoms with Crippen molar-refractivity contribution in [3.63, 3.8) is 0 Å². The molecular weight excluding hydrogens is 312 g/mol. The molecule has 3 rings (SSSR count). The Morgan fingerprint density at radius 3 is 2.68 bits per heavy atom. The van der Waals surface area contributed by atoms with Gasteiger partial charge in [0.15, 0.2) is 0 Å². The molecule has 0 radical (unpaired) electrons. The molecule has 0 saturated heterocycles. The summed E-state index contributed by atoms with van der Waals surface area (Å²) in [5.74, 6) is -0.00651. The summed E-state index contributed by atoms with van der Waals surface area (Å²) in [7, 11) is 0. The zero-order valence-electron chi connectivity index (χ0n) is 14.6. The Morgan fingerprint density at radius 2 is 1.92 bits per heavy atom. The van der Waals surface area contributed by atoms with E-state index in [1.165, 1.54) is 10.8 Å². The number of carbonyl (C=O) groups excluding carboxylic acids is 1. The van der Waals surface area contributed by atoms with Crippen LogP contribution in [-0.4, -0.2) is 28.3 Å². The van der Waals surface area contributed by atoms with E-state index >= 15 is 0 Å². The number of rotatable bonds is 7. The standard InChI is InChI=1S/C20H24N4O/c1-15(14-24-11-5-10-22-24)21-13-20(25)23-16(2)18-9-8-17-6-3-4-7-19(17)12-18/h3-12,15-16,21H,13-14H2,1-2H3,(H,23,25)/t15-,16+/m1/s1. The fourth-order valence-corrected chi connectivity index (χ4v) is 2.87. The summed E-state index contributed by atoms with van der Waals surface area (Å²) in [6.07, 6.45) is 3.67. The molecule has 130 valence electrons. The molecule has 0 unspecified atom stereocenters. The quantitative estimate of drug-likeness (QED) is 0.697. The summed E-state index contributed by atoms with van der Waals surface area (Å²) in [5.41, 5.74) is 1.11. The Labute approximate surface area is 148 Å². The second-order valence-electron chi connectivity index (χ2n) is 6.41. The van der Waals surface area contributed by atoms with Gasteiger partial charge in [0.05, 0.1) is 19.1 Å². The number of benzene rings is 2. The van der Waals surface area contributed by atoms with Crippen molar-refractivity contribution >= 4 is 16.7 Å². The van der Waals surface area contributed by atoms with Crippen LogP contribution in [0.3, 0.4) is 0 Å². The second-order valence-corrected chi connectivity index (χ2v) is 6.41. The van der Waals surface area contributed by atoms with Gasteiger partial charge in [0.25, 0.3) is 0 Å². The highest BCUT2D eigenvalue weighted by atomic mass is 16.1. The molecule has 5 nitrogen and oxygen atoms in total. The average molecular weight is 336 g/mol. The number of nitrogens with zero attached hydrogens (tertiary/aromatic N) is 2. The lowest BCUT2D eigenvalue weighted by molar-refractivity contribution is -0.121. The summed E-state index contributed by atoms with van der Waals surface area (Å²) in [4.78, 5) is 12.2. The fraction of sp³-hybridized carbons (Fsp3) is 0.300. The second kappa shape index (κ2) is 7.94. The van der Waals surface area contributed by atoms with Crippen molar-refractivity contribution in [2.45, 2.75) is 32.5 Å². The number of amides is 1. The molecule has 3 aromatic rings. The van der Waals surface area contributed by atoms with Crippen molar-refractivity contribution in [2.24, 2.45) is 0 Å². The first kappa shape index (κ1) is 17.2. The molecule has 1 amide bonds. The third-order valence-electron chi connectivity index (χ3n) is 4.28. The summed E-state index contributed by atoms with van der Waals surface area (Å²) >= 11 is 0.